The zero-order chi connectivity index (χ0) is 22.1. The number of hydrogen-bond acceptors (Lipinski definition) is 2. The van der Waals surface area contributed by atoms with Crippen molar-refractivity contribution < 1.29 is 22.8 Å². The highest BCUT2D eigenvalue weighted by molar-refractivity contribution is 6.00. The van der Waals surface area contributed by atoms with E-state index < -0.39 is 17.7 Å². The first kappa shape index (κ1) is 22.6. The van der Waals surface area contributed by atoms with Gasteiger partial charge in [-0.2, -0.15) is 13.2 Å². The number of carbonyl (C=O) groups is 2. The van der Waals surface area contributed by atoms with Crippen LogP contribution in [0.1, 0.15) is 64.9 Å². The molecule has 2 amide bonds. The molecule has 0 bridgehead atoms. The molecule has 3 rings (SSSR count). The van der Waals surface area contributed by atoms with Crippen molar-refractivity contribution in [1.82, 2.24) is 5.32 Å². The van der Waals surface area contributed by atoms with Crippen molar-refractivity contribution in [2.24, 2.45) is 17.3 Å². The molecule has 1 aromatic carbocycles. The lowest BCUT2D eigenvalue weighted by molar-refractivity contribution is -0.137. The quantitative estimate of drug-likeness (QED) is 0.709. The fourth-order valence-corrected chi connectivity index (χ4v) is 4.61. The summed E-state index contributed by atoms with van der Waals surface area (Å²) >= 11 is 0. The van der Waals surface area contributed by atoms with Gasteiger partial charge in [0, 0.05) is 24.7 Å². The number of halogens is 3. The van der Waals surface area contributed by atoms with E-state index in [2.05, 4.69) is 26.1 Å². The number of alkyl halides is 3. The molecule has 30 heavy (non-hydrogen) atoms. The van der Waals surface area contributed by atoms with Gasteiger partial charge in [-0.1, -0.05) is 33.3 Å². The number of benzene rings is 1. The maximum Gasteiger partial charge on any atom is 0.416 e. The molecule has 7 heteroatoms. The number of nitrogens with one attached hydrogen (secondary N) is 1. The SMILES string of the molecule is CCC(C)(C)C1CCC(NC(=O)[C@@H]2CC(=O)N(c3cccc(C(F)(F)F)c3)C2)CC1. The number of nitrogens with zero attached hydrogens (tertiary/aromatic N) is 1. The molecule has 2 aliphatic rings. The fraction of sp³-hybridized carbons (Fsp3) is 0.652. The molecule has 2 fully saturated rings. The van der Waals surface area contributed by atoms with Gasteiger partial charge < -0.3 is 10.2 Å². The van der Waals surface area contributed by atoms with Crippen molar-refractivity contribution in [1.29, 1.82) is 0 Å². The second kappa shape index (κ2) is 8.60. The number of carbonyl (C=O) groups excluding carboxylic acids is 2. The summed E-state index contributed by atoms with van der Waals surface area (Å²) in [5, 5.41) is 3.08. The second-order valence-electron chi connectivity index (χ2n) is 9.35. The van der Waals surface area contributed by atoms with Crippen LogP contribution in [0.4, 0.5) is 18.9 Å². The number of hydrogen-bond donors (Lipinski definition) is 1. The van der Waals surface area contributed by atoms with Gasteiger partial charge in [-0.05, 0) is 55.2 Å². The van der Waals surface area contributed by atoms with E-state index in [1.54, 1.807) is 0 Å². The lowest BCUT2D eigenvalue weighted by Gasteiger charge is -2.39. The van der Waals surface area contributed by atoms with E-state index in [9.17, 15) is 22.8 Å². The van der Waals surface area contributed by atoms with Gasteiger partial charge in [-0.25, -0.2) is 0 Å². The van der Waals surface area contributed by atoms with Gasteiger partial charge in [-0.15, -0.1) is 0 Å². The minimum Gasteiger partial charge on any atom is -0.353 e. The normalized spacial score (nSPS) is 25.5. The van der Waals surface area contributed by atoms with E-state index in [1.165, 1.54) is 17.0 Å². The van der Waals surface area contributed by atoms with Crippen LogP contribution in [-0.4, -0.2) is 24.4 Å². The second-order valence-corrected chi connectivity index (χ2v) is 9.35. The molecule has 1 N–H and O–H groups in total. The standard InChI is InChI=1S/C23H31F3N2O2/c1-4-22(2,3)16-8-10-18(11-9-16)27-21(30)15-12-20(29)28(14-15)19-7-5-6-17(13-19)23(24,25)26/h5-7,13,15-16,18H,4,8-12,14H2,1-3H3,(H,27,30)/t15-,16?,18?/m1/s1. The number of amides is 2. The van der Waals surface area contributed by atoms with Gasteiger partial charge in [-0.3, -0.25) is 9.59 Å². The Hall–Kier alpha value is -2.05. The van der Waals surface area contributed by atoms with Crippen LogP contribution < -0.4 is 10.2 Å². The third-order valence-corrected chi connectivity index (χ3v) is 7.07. The summed E-state index contributed by atoms with van der Waals surface area (Å²) in [6.07, 6.45) is 0.693. The summed E-state index contributed by atoms with van der Waals surface area (Å²) in [5.74, 6) is -0.365. The lowest BCUT2D eigenvalue weighted by atomic mass is 9.69. The summed E-state index contributed by atoms with van der Waals surface area (Å²) in [5.41, 5.74) is -0.307. The first-order valence-electron chi connectivity index (χ1n) is 10.8. The van der Waals surface area contributed by atoms with Crippen molar-refractivity contribution in [2.45, 2.75) is 71.5 Å². The Bertz CT molecular complexity index is 783. The van der Waals surface area contributed by atoms with E-state index in [-0.39, 0.29) is 36.5 Å². The minimum atomic E-state index is -4.47. The Labute approximate surface area is 176 Å². The Kier molecular flexibility index (Phi) is 6.48. The summed E-state index contributed by atoms with van der Waals surface area (Å²) in [6, 6.07) is 4.82. The molecule has 1 saturated carbocycles. The van der Waals surface area contributed by atoms with Crippen LogP contribution in [0.2, 0.25) is 0 Å². The molecule has 1 aliphatic heterocycles. The van der Waals surface area contributed by atoms with Crippen molar-refractivity contribution >= 4 is 17.5 Å². The van der Waals surface area contributed by atoms with Crippen LogP contribution in [0.25, 0.3) is 0 Å². The lowest BCUT2D eigenvalue weighted by Crippen LogP contribution is -2.43. The van der Waals surface area contributed by atoms with E-state index >= 15 is 0 Å². The Morgan fingerprint density at radius 2 is 1.83 bits per heavy atom. The van der Waals surface area contributed by atoms with Crippen molar-refractivity contribution in [3.8, 4) is 0 Å². The zero-order valence-corrected chi connectivity index (χ0v) is 17.9. The molecule has 0 unspecified atom stereocenters. The topological polar surface area (TPSA) is 49.4 Å². The van der Waals surface area contributed by atoms with Crippen molar-refractivity contribution in [2.75, 3.05) is 11.4 Å². The van der Waals surface area contributed by atoms with Crippen LogP contribution >= 0.6 is 0 Å². The summed E-state index contributed by atoms with van der Waals surface area (Å²) in [7, 11) is 0. The molecule has 1 saturated heterocycles. The van der Waals surface area contributed by atoms with Gasteiger partial charge >= 0.3 is 6.18 Å². The molecule has 1 atom stereocenters. The van der Waals surface area contributed by atoms with Crippen LogP contribution in [0, 0.1) is 17.3 Å². The molecule has 1 aliphatic carbocycles. The first-order valence-corrected chi connectivity index (χ1v) is 10.8. The van der Waals surface area contributed by atoms with Gasteiger partial charge in [0.25, 0.3) is 0 Å². The van der Waals surface area contributed by atoms with Crippen LogP contribution in [-0.2, 0) is 15.8 Å². The van der Waals surface area contributed by atoms with Crippen molar-refractivity contribution in [3.05, 3.63) is 29.8 Å². The van der Waals surface area contributed by atoms with Crippen LogP contribution in [0.5, 0.6) is 0 Å². The monoisotopic (exact) mass is 424 g/mol. The van der Waals surface area contributed by atoms with E-state index in [0.29, 0.717) is 11.3 Å². The smallest absolute Gasteiger partial charge is 0.353 e. The third-order valence-electron chi connectivity index (χ3n) is 7.07. The largest absolute Gasteiger partial charge is 0.416 e. The molecule has 0 radical (unpaired) electrons. The fourth-order valence-electron chi connectivity index (χ4n) is 4.61. The van der Waals surface area contributed by atoms with Crippen LogP contribution in [0.15, 0.2) is 24.3 Å². The first-order chi connectivity index (χ1) is 14.0. The molecular formula is C23H31F3N2O2. The van der Waals surface area contributed by atoms with Gasteiger partial charge in [0.05, 0.1) is 11.5 Å². The summed E-state index contributed by atoms with van der Waals surface area (Å²) < 4.78 is 38.9. The van der Waals surface area contributed by atoms with E-state index in [0.717, 1.165) is 44.2 Å². The minimum absolute atomic E-state index is 0.0281. The van der Waals surface area contributed by atoms with Crippen LogP contribution in [0.3, 0.4) is 0 Å². The molecule has 1 aromatic rings. The summed E-state index contributed by atoms with van der Waals surface area (Å²) in [4.78, 5) is 26.4. The summed E-state index contributed by atoms with van der Waals surface area (Å²) in [6.45, 7) is 6.91. The molecule has 4 nitrogen and oxygen atoms in total. The van der Waals surface area contributed by atoms with E-state index in [1.807, 2.05) is 0 Å². The average Bonchev–Trinajstić information content (AvgIpc) is 3.10. The van der Waals surface area contributed by atoms with Gasteiger partial charge in [0.15, 0.2) is 0 Å². The highest BCUT2D eigenvalue weighted by Gasteiger charge is 2.38. The van der Waals surface area contributed by atoms with E-state index in [4.69, 9.17) is 0 Å². The highest BCUT2D eigenvalue weighted by Crippen LogP contribution is 2.40. The zero-order valence-electron chi connectivity index (χ0n) is 17.9. The highest BCUT2D eigenvalue weighted by atomic mass is 19.4. The average molecular weight is 425 g/mol. The predicted molar refractivity (Wildman–Crippen MR) is 110 cm³/mol. The molecular weight excluding hydrogens is 393 g/mol. The predicted octanol–water partition coefficient (Wildman–Crippen LogP) is 5.17. The third kappa shape index (κ3) is 4.98. The van der Waals surface area contributed by atoms with Gasteiger partial charge in [0.2, 0.25) is 11.8 Å². The Balaban J connectivity index is 1.57. The maximum atomic E-state index is 13.0. The maximum absolute atomic E-state index is 13.0. The van der Waals surface area contributed by atoms with Crippen molar-refractivity contribution in [3.63, 3.8) is 0 Å². The molecule has 0 aromatic heterocycles. The molecule has 1 heterocycles. The van der Waals surface area contributed by atoms with Gasteiger partial charge in [0.1, 0.15) is 0 Å². The number of anilines is 1. The Morgan fingerprint density at radius 3 is 2.43 bits per heavy atom. The molecule has 166 valence electrons. The number of rotatable bonds is 5. The Morgan fingerprint density at radius 1 is 1.17 bits per heavy atom. The molecule has 0 spiro atoms.